The SMILES string of the molecule is OCCOc1cncc(N[C@H]2CCCC[C@@H]2O)n1. The van der Waals surface area contributed by atoms with E-state index in [0.29, 0.717) is 11.7 Å². The molecule has 0 unspecified atom stereocenters. The molecule has 1 aliphatic carbocycles. The number of hydrogen-bond donors (Lipinski definition) is 3. The standard InChI is InChI=1S/C12H19N3O3/c16-5-6-18-12-8-13-7-11(15-12)14-9-3-1-2-4-10(9)17/h7-10,16-17H,1-6H2,(H,14,15)/t9-,10-/m0/s1. The highest BCUT2D eigenvalue weighted by molar-refractivity contribution is 5.35. The lowest BCUT2D eigenvalue weighted by atomic mass is 9.93. The largest absolute Gasteiger partial charge is 0.474 e. The highest BCUT2D eigenvalue weighted by Gasteiger charge is 2.23. The number of nitrogens with one attached hydrogen (secondary N) is 1. The van der Waals surface area contributed by atoms with Crippen molar-refractivity contribution in [2.75, 3.05) is 18.5 Å². The molecular weight excluding hydrogens is 234 g/mol. The van der Waals surface area contributed by atoms with E-state index < -0.39 is 0 Å². The summed E-state index contributed by atoms with van der Waals surface area (Å²) < 4.78 is 5.19. The van der Waals surface area contributed by atoms with Gasteiger partial charge in [0.05, 0.1) is 31.1 Å². The summed E-state index contributed by atoms with van der Waals surface area (Å²) in [5, 5.41) is 21.7. The maximum Gasteiger partial charge on any atom is 0.234 e. The van der Waals surface area contributed by atoms with Crippen LogP contribution in [0.5, 0.6) is 5.88 Å². The second kappa shape index (κ2) is 6.51. The molecule has 0 spiro atoms. The lowest BCUT2D eigenvalue weighted by Gasteiger charge is -2.28. The average Bonchev–Trinajstić information content (AvgIpc) is 2.40. The van der Waals surface area contributed by atoms with Gasteiger partial charge >= 0.3 is 0 Å². The first-order valence-electron chi connectivity index (χ1n) is 6.30. The maximum absolute atomic E-state index is 9.87. The van der Waals surface area contributed by atoms with Crippen molar-refractivity contribution < 1.29 is 14.9 Å². The lowest BCUT2D eigenvalue weighted by Crippen LogP contribution is -2.36. The Labute approximate surface area is 106 Å². The fourth-order valence-electron chi connectivity index (χ4n) is 2.11. The number of aromatic nitrogens is 2. The summed E-state index contributed by atoms with van der Waals surface area (Å²) >= 11 is 0. The molecule has 1 fully saturated rings. The topological polar surface area (TPSA) is 87.5 Å². The minimum absolute atomic E-state index is 0.0288. The van der Waals surface area contributed by atoms with Crippen molar-refractivity contribution in [1.82, 2.24) is 9.97 Å². The van der Waals surface area contributed by atoms with Crippen molar-refractivity contribution in [3.8, 4) is 5.88 Å². The minimum Gasteiger partial charge on any atom is -0.474 e. The number of aliphatic hydroxyl groups excluding tert-OH is 2. The number of anilines is 1. The van der Waals surface area contributed by atoms with E-state index in [0.717, 1.165) is 25.7 Å². The van der Waals surface area contributed by atoms with Gasteiger partial charge < -0.3 is 20.3 Å². The third-order valence-corrected chi connectivity index (χ3v) is 3.02. The van der Waals surface area contributed by atoms with E-state index in [2.05, 4.69) is 15.3 Å². The molecule has 6 heteroatoms. The molecule has 6 nitrogen and oxygen atoms in total. The van der Waals surface area contributed by atoms with Crippen molar-refractivity contribution in [3.63, 3.8) is 0 Å². The molecule has 0 aromatic carbocycles. The van der Waals surface area contributed by atoms with E-state index in [9.17, 15) is 5.11 Å². The Bertz CT molecular complexity index is 375. The van der Waals surface area contributed by atoms with Gasteiger partial charge in [0.1, 0.15) is 12.4 Å². The molecule has 1 aliphatic rings. The molecule has 1 saturated carbocycles. The summed E-state index contributed by atoms with van der Waals surface area (Å²) in [6.45, 7) is 0.144. The minimum atomic E-state index is -0.331. The van der Waals surface area contributed by atoms with Crippen LogP contribution in [0.1, 0.15) is 25.7 Å². The van der Waals surface area contributed by atoms with Crippen LogP contribution in [0.25, 0.3) is 0 Å². The zero-order valence-electron chi connectivity index (χ0n) is 10.2. The quantitative estimate of drug-likeness (QED) is 0.711. The zero-order valence-corrected chi connectivity index (χ0v) is 10.2. The van der Waals surface area contributed by atoms with Crippen LogP contribution in [0, 0.1) is 0 Å². The second-order valence-electron chi connectivity index (χ2n) is 4.42. The first kappa shape index (κ1) is 13.0. The molecule has 1 aromatic heterocycles. The average molecular weight is 253 g/mol. The van der Waals surface area contributed by atoms with Crippen LogP contribution >= 0.6 is 0 Å². The zero-order chi connectivity index (χ0) is 12.8. The van der Waals surface area contributed by atoms with Crippen molar-refractivity contribution in [2.45, 2.75) is 37.8 Å². The first-order chi connectivity index (χ1) is 8.79. The molecule has 100 valence electrons. The molecule has 0 bridgehead atoms. The van der Waals surface area contributed by atoms with E-state index in [-0.39, 0.29) is 25.4 Å². The van der Waals surface area contributed by atoms with Crippen molar-refractivity contribution in [2.24, 2.45) is 0 Å². The van der Waals surface area contributed by atoms with Crippen molar-refractivity contribution >= 4 is 5.82 Å². The monoisotopic (exact) mass is 253 g/mol. The highest BCUT2D eigenvalue weighted by Crippen LogP contribution is 2.21. The Morgan fingerprint density at radius 3 is 2.94 bits per heavy atom. The van der Waals surface area contributed by atoms with E-state index in [4.69, 9.17) is 9.84 Å². The predicted molar refractivity (Wildman–Crippen MR) is 66.5 cm³/mol. The van der Waals surface area contributed by atoms with Gasteiger partial charge in [-0.25, -0.2) is 0 Å². The maximum atomic E-state index is 9.87. The molecule has 0 aliphatic heterocycles. The van der Waals surface area contributed by atoms with Gasteiger partial charge in [-0.15, -0.1) is 0 Å². The molecule has 1 aromatic rings. The number of hydrogen-bond acceptors (Lipinski definition) is 6. The third kappa shape index (κ3) is 3.54. The Kier molecular flexibility index (Phi) is 4.72. The van der Waals surface area contributed by atoms with Gasteiger partial charge in [0.25, 0.3) is 0 Å². The number of rotatable bonds is 5. The summed E-state index contributed by atoms with van der Waals surface area (Å²) in [7, 11) is 0. The van der Waals surface area contributed by atoms with Crippen LogP contribution < -0.4 is 10.1 Å². The molecule has 0 radical (unpaired) electrons. The summed E-state index contributed by atoms with van der Waals surface area (Å²) in [5.74, 6) is 0.968. The molecule has 0 amide bonds. The number of aliphatic hydroxyl groups is 2. The number of ether oxygens (including phenoxy) is 1. The van der Waals surface area contributed by atoms with Gasteiger partial charge in [-0.1, -0.05) is 12.8 Å². The smallest absolute Gasteiger partial charge is 0.234 e. The van der Waals surface area contributed by atoms with Crippen LogP contribution in [-0.4, -0.2) is 45.5 Å². The summed E-state index contributed by atoms with van der Waals surface area (Å²) in [6.07, 6.45) is 6.72. The van der Waals surface area contributed by atoms with Crippen LogP contribution in [-0.2, 0) is 0 Å². The molecule has 3 N–H and O–H groups in total. The molecule has 18 heavy (non-hydrogen) atoms. The molecular formula is C12H19N3O3. The fourth-order valence-corrected chi connectivity index (χ4v) is 2.11. The van der Waals surface area contributed by atoms with Crippen molar-refractivity contribution in [1.29, 1.82) is 0 Å². The van der Waals surface area contributed by atoms with Gasteiger partial charge in [0.15, 0.2) is 0 Å². The number of nitrogens with zero attached hydrogens (tertiary/aromatic N) is 2. The first-order valence-corrected chi connectivity index (χ1v) is 6.30. The molecule has 1 heterocycles. The van der Waals surface area contributed by atoms with Crippen LogP contribution in [0.3, 0.4) is 0 Å². The fraction of sp³-hybridized carbons (Fsp3) is 0.667. The summed E-state index contributed by atoms with van der Waals surface area (Å²) in [5.41, 5.74) is 0. The Hall–Kier alpha value is -1.40. The van der Waals surface area contributed by atoms with E-state index in [1.165, 1.54) is 6.20 Å². The van der Waals surface area contributed by atoms with E-state index in [1.54, 1.807) is 6.20 Å². The normalized spacial score (nSPS) is 23.7. The van der Waals surface area contributed by atoms with Crippen LogP contribution in [0.4, 0.5) is 5.82 Å². The van der Waals surface area contributed by atoms with Crippen LogP contribution in [0.2, 0.25) is 0 Å². The van der Waals surface area contributed by atoms with Gasteiger partial charge in [0.2, 0.25) is 5.88 Å². The Morgan fingerprint density at radius 1 is 1.33 bits per heavy atom. The summed E-state index contributed by atoms with van der Waals surface area (Å²) in [4.78, 5) is 8.24. The predicted octanol–water partition coefficient (Wildman–Crippen LogP) is 0.563. The van der Waals surface area contributed by atoms with Gasteiger partial charge in [-0.05, 0) is 12.8 Å². The van der Waals surface area contributed by atoms with Gasteiger partial charge in [-0.3, -0.25) is 4.98 Å². The Morgan fingerprint density at radius 2 is 2.17 bits per heavy atom. The lowest BCUT2D eigenvalue weighted by molar-refractivity contribution is 0.116. The Balaban J connectivity index is 1.95. The van der Waals surface area contributed by atoms with Crippen LogP contribution in [0.15, 0.2) is 12.4 Å². The molecule has 2 atom stereocenters. The van der Waals surface area contributed by atoms with Gasteiger partial charge in [-0.2, -0.15) is 4.98 Å². The molecule has 0 saturated heterocycles. The molecule has 2 rings (SSSR count). The second-order valence-corrected chi connectivity index (χ2v) is 4.42. The third-order valence-electron chi connectivity index (χ3n) is 3.02. The summed E-state index contributed by atoms with van der Waals surface area (Å²) in [6, 6.07) is 0.0288. The van der Waals surface area contributed by atoms with E-state index in [1.807, 2.05) is 0 Å². The van der Waals surface area contributed by atoms with E-state index >= 15 is 0 Å². The highest BCUT2D eigenvalue weighted by atomic mass is 16.5. The van der Waals surface area contributed by atoms with Crippen molar-refractivity contribution in [3.05, 3.63) is 12.4 Å². The van der Waals surface area contributed by atoms with Gasteiger partial charge in [0, 0.05) is 0 Å².